The molecule has 1 aliphatic carbocycles. The smallest absolute Gasteiger partial charge is 0.173 e. The second-order valence-electron chi connectivity index (χ2n) is 8.35. The Morgan fingerprint density at radius 1 is 1.03 bits per heavy atom. The van der Waals surface area contributed by atoms with Crippen LogP contribution in [0, 0.1) is 39.9 Å². The SMILES string of the molecule is CCC1CC(=N)C(C#N)=C(C(C)C)C(C#N)=C1SCC(=O)c1ccc(-c2ccccc2)cc1. The van der Waals surface area contributed by atoms with Crippen molar-refractivity contribution in [2.45, 2.75) is 33.6 Å². The van der Waals surface area contributed by atoms with Gasteiger partial charge in [0, 0.05) is 10.5 Å². The highest BCUT2D eigenvalue weighted by atomic mass is 32.2. The van der Waals surface area contributed by atoms with E-state index in [0.717, 1.165) is 22.5 Å². The number of rotatable bonds is 7. The van der Waals surface area contributed by atoms with E-state index in [1.807, 2.05) is 75.4 Å². The summed E-state index contributed by atoms with van der Waals surface area (Å²) in [5, 5.41) is 28.2. The molecule has 4 nitrogen and oxygen atoms in total. The Bertz CT molecular complexity index is 1190. The molecule has 0 aromatic heterocycles. The molecule has 1 aliphatic rings. The van der Waals surface area contributed by atoms with Gasteiger partial charge in [-0.1, -0.05) is 75.4 Å². The highest BCUT2D eigenvalue weighted by molar-refractivity contribution is 8.03. The summed E-state index contributed by atoms with van der Waals surface area (Å²) in [5.74, 6) is 0.0868. The number of nitrogens with zero attached hydrogens (tertiary/aromatic N) is 2. The summed E-state index contributed by atoms with van der Waals surface area (Å²) in [4.78, 5) is 13.8. The summed E-state index contributed by atoms with van der Waals surface area (Å²) in [6.45, 7) is 5.89. The van der Waals surface area contributed by atoms with E-state index in [4.69, 9.17) is 5.41 Å². The number of Topliss-reactive ketones (excluding diaryl/α,β-unsaturated/α-hetero) is 1. The Morgan fingerprint density at radius 2 is 1.64 bits per heavy atom. The Hall–Kier alpha value is -3.41. The van der Waals surface area contributed by atoms with E-state index in [0.29, 0.717) is 28.7 Å². The third-order valence-corrected chi connectivity index (χ3v) is 7.13. The summed E-state index contributed by atoms with van der Waals surface area (Å²) >= 11 is 1.38. The maximum absolute atomic E-state index is 13.0. The van der Waals surface area contributed by atoms with E-state index >= 15 is 0 Å². The molecule has 0 spiro atoms. The zero-order valence-corrected chi connectivity index (χ0v) is 20.0. The molecule has 33 heavy (non-hydrogen) atoms. The molecule has 1 atom stereocenters. The standard InChI is InChI=1S/C28H27N3OS/c1-4-19-14-25(31)23(15-29)27(18(2)3)24(16-30)28(19)33-17-26(32)22-12-10-21(11-13-22)20-8-6-5-7-9-20/h5-13,18-19,31H,4,14,17H2,1-3H3. The fraction of sp³-hybridized carbons (Fsp3) is 0.286. The summed E-state index contributed by atoms with van der Waals surface area (Å²) in [5.41, 5.74) is 4.46. The molecule has 0 saturated heterocycles. The predicted molar refractivity (Wildman–Crippen MR) is 135 cm³/mol. The van der Waals surface area contributed by atoms with Crippen molar-refractivity contribution in [2.24, 2.45) is 11.8 Å². The van der Waals surface area contributed by atoms with Crippen LogP contribution in [0.25, 0.3) is 11.1 Å². The van der Waals surface area contributed by atoms with Crippen molar-refractivity contribution in [3.63, 3.8) is 0 Å². The van der Waals surface area contributed by atoms with Gasteiger partial charge in [-0.3, -0.25) is 4.79 Å². The second-order valence-corrected chi connectivity index (χ2v) is 9.37. The van der Waals surface area contributed by atoms with Crippen molar-refractivity contribution in [1.82, 2.24) is 0 Å². The number of carbonyl (C=O) groups is 1. The van der Waals surface area contributed by atoms with E-state index in [2.05, 4.69) is 12.1 Å². The van der Waals surface area contributed by atoms with Crippen LogP contribution in [-0.4, -0.2) is 17.2 Å². The average molecular weight is 454 g/mol. The first-order chi connectivity index (χ1) is 15.9. The van der Waals surface area contributed by atoms with E-state index in [1.165, 1.54) is 11.8 Å². The van der Waals surface area contributed by atoms with Gasteiger partial charge in [0.2, 0.25) is 0 Å². The fourth-order valence-corrected chi connectivity index (χ4v) is 5.35. The van der Waals surface area contributed by atoms with E-state index in [-0.39, 0.29) is 29.1 Å². The monoisotopic (exact) mass is 453 g/mol. The van der Waals surface area contributed by atoms with Gasteiger partial charge in [-0.15, -0.1) is 11.8 Å². The maximum atomic E-state index is 13.0. The van der Waals surface area contributed by atoms with Crippen LogP contribution in [0.1, 0.15) is 44.0 Å². The first-order valence-corrected chi connectivity index (χ1v) is 12.1. The summed E-state index contributed by atoms with van der Waals surface area (Å²) in [6.07, 6.45) is 1.14. The van der Waals surface area contributed by atoms with Crippen LogP contribution in [0.4, 0.5) is 0 Å². The number of nitriles is 2. The molecule has 0 aliphatic heterocycles. The molecule has 166 valence electrons. The van der Waals surface area contributed by atoms with Gasteiger partial charge in [0.05, 0.1) is 22.6 Å². The number of benzene rings is 2. The molecule has 1 unspecified atom stereocenters. The molecule has 0 saturated carbocycles. The van der Waals surface area contributed by atoms with Crippen molar-refractivity contribution in [1.29, 1.82) is 15.9 Å². The number of nitrogens with one attached hydrogen (secondary N) is 1. The van der Waals surface area contributed by atoms with Gasteiger partial charge in [-0.2, -0.15) is 10.5 Å². The van der Waals surface area contributed by atoms with E-state index in [9.17, 15) is 15.3 Å². The molecule has 0 heterocycles. The molecule has 0 amide bonds. The lowest BCUT2D eigenvalue weighted by atomic mass is 9.90. The molecule has 2 aromatic rings. The van der Waals surface area contributed by atoms with Crippen molar-refractivity contribution in [3.8, 4) is 23.3 Å². The van der Waals surface area contributed by atoms with Gasteiger partial charge < -0.3 is 5.41 Å². The third kappa shape index (κ3) is 5.33. The van der Waals surface area contributed by atoms with Crippen LogP contribution in [0.3, 0.4) is 0 Å². The topological polar surface area (TPSA) is 88.5 Å². The Kier molecular flexibility index (Phi) is 8.04. The third-order valence-electron chi connectivity index (χ3n) is 5.87. The highest BCUT2D eigenvalue weighted by Gasteiger charge is 2.31. The number of hydrogen-bond acceptors (Lipinski definition) is 5. The lowest BCUT2D eigenvalue weighted by molar-refractivity contribution is 0.102. The van der Waals surface area contributed by atoms with Crippen LogP contribution < -0.4 is 0 Å². The Morgan fingerprint density at radius 3 is 2.18 bits per heavy atom. The number of hydrogen-bond donors (Lipinski definition) is 1. The molecule has 0 fully saturated rings. The van der Waals surface area contributed by atoms with Gasteiger partial charge >= 0.3 is 0 Å². The van der Waals surface area contributed by atoms with Gasteiger partial charge in [-0.25, -0.2) is 0 Å². The molecule has 5 heteroatoms. The van der Waals surface area contributed by atoms with Crippen LogP contribution in [0.5, 0.6) is 0 Å². The summed E-state index contributed by atoms with van der Waals surface area (Å²) in [7, 11) is 0. The molecule has 0 radical (unpaired) electrons. The van der Waals surface area contributed by atoms with Gasteiger partial charge in [0.15, 0.2) is 5.78 Å². The van der Waals surface area contributed by atoms with Crippen molar-refractivity contribution in [3.05, 3.63) is 81.8 Å². The molecule has 3 rings (SSSR count). The minimum absolute atomic E-state index is 0.00541. The quantitative estimate of drug-likeness (QED) is 0.458. The molecule has 1 N–H and O–H groups in total. The zero-order chi connectivity index (χ0) is 24.0. The van der Waals surface area contributed by atoms with Gasteiger partial charge in [-0.05, 0) is 41.4 Å². The van der Waals surface area contributed by atoms with Crippen LogP contribution in [-0.2, 0) is 0 Å². The number of thioether (sulfide) groups is 1. The predicted octanol–water partition coefficient (Wildman–Crippen LogP) is 6.97. The average Bonchev–Trinajstić information content (AvgIpc) is 2.96. The summed E-state index contributed by atoms with van der Waals surface area (Å²) in [6, 6.07) is 22.1. The van der Waals surface area contributed by atoms with E-state index < -0.39 is 0 Å². The number of allylic oxidation sites excluding steroid dienone is 4. The highest BCUT2D eigenvalue weighted by Crippen LogP contribution is 2.41. The first kappa shape index (κ1) is 24.2. The lowest BCUT2D eigenvalue weighted by Gasteiger charge is -2.19. The van der Waals surface area contributed by atoms with Crippen molar-refractivity contribution < 1.29 is 4.79 Å². The maximum Gasteiger partial charge on any atom is 0.173 e. The van der Waals surface area contributed by atoms with Crippen LogP contribution in [0.2, 0.25) is 0 Å². The minimum atomic E-state index is -0.0675. The second kappa shape index (κ2) is 10.9. The minimum Gasteiger partial charge on any atom is -0.304 e. The summed E-state index contributed by atoms with van der Waals surface area (Å²) < 4.78 is 0. The molecule has 0 bridgehead atoms. The zero-order valence-electron chi connectivity index (χ0n) is 19.2. The molecular weight excluding hydrogens is 426 g/mol. The van der Waals surface area contributed by atoms with Gasteiger partial charge in [0.25, 0.3) is 0 Å². The van der Waals surface area contributed by atoms with Gasteiger partial charge in [0.1, 0.15) is 12.1 Å². The Labute approximate surface area is 200 Å². The largest absolute Gasteiger partial charge is 0.304 e. The molecule has 2 aromatic carbocycles. The fourth-order valence-electron chi connectivity index (χ4n) is 4.11. The van der Waals surface area contributed by atoms with Crippen molar-refractivity contribution >= 4 is 23.3 Å². The van der Waals surface area contributed by atoms with Crippen LogP contribution >= 0.6 is 11.8 Å². The normalized spacial score (nSPS) is 16.4. The number of carbonyl (C=O) groups excluding carboxylic acids is 1. The first-order valence-electron chi connectivity index (χ1n) is 11.1. The van der Waals surface area contributed by atoms with Crippen molar-refractivity contribution in [2.75, 3.05) is 5.75 Å². The number of ketones is 1. The lowest BCUT2D eigenvalue weighted by Crippen LogP contribution is -2.10. The Balaban J connectivity index is 1.88. The molecular formula is C28H27N3OS. The van der Waals surface area contributed by atoms with Crippen LogP contribution in [0.15, 0.2) is 76.2 Å². The van der Waals surface area contributed by atoms with E-state index in [1.54, 1.807) is 0 Å².